The number of carbonyl (C=O) groups excluding carboxylic acids is 2. The van der Waals surface area contributed by atoms with Gasteiger partial charge >= 0.3 is 0 Å². The first-order valence-electron chi connectivity index (χ1n) is 9.43. The van der Waals surface area contributed by atoms with Gasteiger partial charge in [-0.1, -0.05) is 49.4 Å². The monoisotopic (exact) mass is 386 g/mol. The molecule has 2 aromatic rings. The van der Waals surface area contributed by atoms with E-state index in [4.69, 9.17) is 4.74 Å². The first kappa shape index (κ1) is 21.4. The van der Waals surface area contributed by atoms with Crippen molar-refractivity contribution in [2.45, 2.75) is 45.8 Å². The van der Waals surface area contributed by atoms with E-state index in [0.717, 1.165) is 5.56 Å². The van der Waals surface area contributed by atoms with E-state index in [1.54, 1.807) is 12.1 Å². The molecule has 0 saturated heterocycles. The topological polar surface area (TPSA) is 58.6 Å². The molecule has 0 fully saturated rings. The summed E-state index contributed by atoms with van der Waals surface area (Å²) in [5.41, 5.74) is 0.900. The van der Waals surface area contributed by atoms with Crippen LogP contribution < -0.4 is 10.1 Å². The molecule has 28 heavy (non-hydrogen) atoms. The predicted octanol–water partition coefficient (Wildman–Crippen LogP) is 3.54. The Kier molecular flexibility index (Phi) is 7.99. The number of amides is 2. The van der Waals surface area contributed by atoms with Gasteiger partial charge in [0.1, 0.15) is 6.04 Å². The second-order valence-electron chi connectivity index (χ2n) is 6.81. The quantitative estimate of drug-likeness (QED) is 0.717. The van der Waals surface area contributed by atoms with E-state index in [1.807, 2.05) is 51.1 Å². The maximum Gasteiger partial charge on any atom is 0.261 e. The van der Waals surface area contributed by atoms with Crippen LogP contribution in [0.5, 0.6) is 5.75 Å². The Morgan fingerprint density at radius 2 is 1.71 bits per heavy atom. The number of carbonyl (C=O) groups is 2. The summed E-state index contributed by atoms with van der Waals surface area (Å²) in [5.74, 6) is -1.12. The summed E-state index contributed by atoms with van der Waals surface area (Å²) in [7, 11) is 0. The molecule has 1 N–H and O–H groups in total. The highest BCUT2D eigenvalue weighted by atomic mass is 19.1. The van der Waals surface area contributed by atoms with Crippen molar-refractivity contribution in [2.75, 3.05) is 6.61 Å². The molecular weight excluding hydrogens is 359 g/mol. The fourth-order valence-electron chi connectivity index (χ4n) is 2.86. The molecule has 0 saturated carbocycles. The predicted molar refractivity (Wildman–Crippen MR) is 106 cm³/mol. The van der Waals surface area contributed by atoms with Gasteiger partial charge in [-0.3, -0.25) is 9.59 Å². The number of ether oxygens (including phenoxy) is 1. The van der Waals surface area contributed by atoms with Crippen LogP contribution in [0.3, 0.4) is 0 Å². The number of hydrogen-bond acceptors (Lipinski definition) is 3. The molecular formula is C22H27FN2O3. The summed E-state index contributed by atoms with van der Waals surface area (Å²) in [5, 5.41) is 2.86. The average molecular weight is 386 g/mol. The summed E-state index contributed by atoms with van der Waals surface area (Å²) in [6.07, 6.45) is 0.455. The zero-order valence-corrected chi connectivity index (χ0v) is 16.5. The molecule has 5 nitrogen and oxygen atoms in total. The van der Waals surface area contributed by atoms with Crippen molar-refractivity contribution in [1.29, 1.82) is 0 Å². The Morgan fingerprint density at radius 1 is 1.07 bits per heavy atom. The Morgan fingerprint density at radius 3 is 2.32 bits per heavy atom. The summed E-state index contributed by atoms with van der Waals surface area (Å²) < 4.78 is 19.1. The number of hydrogen-bond donors (Lipinski definition) is 1. The van der Waals surface area contributed by atoms with Gasteiger partial charge < -0.3 is 15.0 Å². The van der Waals surface area contributed by atoms with E-state index >= 15 is 0 Å². The van der Waals surface area contributed by atoms with Crippen LogP contribution in [-0.2, 0) is 16.1 Å². The second kappa shape index (κ2) is 10.4. The van der Waals surface area contributed by atoms with Crippen molar-refractivity contribution in [2.24, 2.45) is 0 Å². The highest BCUT2D eigenvalue weighted by Crippen LogP contribution is 2.17. The highest BCUT2D eigenvalue weighted by molar-refractivity contribution is 5.88. The second-order valence-corrected chi connectivity index (χ2v) is 6.81. The van der Waals surface area contributed by atoms with Crippen LogP contribution in [0, 0.1) is 5.82 Å². The largest absolute Gasteiger partial charge is 0.481 e. The van der Waals surface area contributed by atoms with E-state index in [1.165, 1.54) is 17.0 Å². The maximum absolute atomic E-state index is 13.8. The summed E-state index contributed by atoms with van der Waals surface area (Å²) >= 11 is 0. The van der Waals surface area contributed by atoms with Crippen LogP contribution in [0.2, 0.25) is 0 Å². The first-order chi connectivity index (χ1) is 13.4. The lowest BCUT2D eigenvalue weighted by atomic mass is 10.1. The maximum atomic E-state index is 13.8. The molecule has 2 rings (SSSR count). The van der Waals surface area contributed by atoms with Gasteiger partial charge in [-0.2, -0.15) is 0 Å². The van der Waals surface area contributed by atoms with Gasteiger partial charge in [-0.05, 0) is 38.0 Å². The van der Waals surface area contributed by atoms with Gasteiger partial charge in [0.2, 0.25) is 5.91 Å². The molecule has 0 radical (unpaired) electrons. The third kappa shape index (κ3) is 6.08. The van der Waals surface area contributed by atoms with Crippen LogP contribution in [0.1, 0.15) is 32.8 Å². The number of rotatable bonds is 9. The molecule has 0 aliphatic carbocycles. The summed E-state index contributed by atoms with van der Waals surface area (Å²) in [4.78, 5) is 27.1. The Bertz CT molecular complexity index is 780. The van der Waals surface area contributed by atoms with Gasteiger partial charge in [-0.25, -0.2) is 4.39 Å². The van der Waals surface area contributed by atoms with Crippen molar-refractivity contribution < 1.29 is 18.7 Å². The Hall–Kier alpha value is -2.89. The van der Waals surface area contributed by atoms with E-state index in [0.29, 0.717) is 6.42 Å². The van der Waals surface area contributed by atoms with E-state index in [-0.39, 0.29) is 36.8 Å². The molecule has 0 bridgehead atoms. The summed E-state index contributed by atoms with van der Waals surface area (Å²) in [6, 6.07) is 14.7. The normalized spacial score (nSPS) is 11.8. The Labute approximate surface area is 165 Å². The summed E-state index contributed by atoms with van der Waals surface area (Å²) in [6.45, 7) is 5.52. The molecule has 150 valence electrons. The molecule has 0 aliphatic rings. The van der Waals surface area contributed by atoms with Crippen molar-refractivity contribution in [3.8, 4) is 5.75 Å². The Balaban J connectivity index is 2.19. The molecule has 2 amide bonds. The lowest BCUT2D eigenvalue weighted by Gasteiger charge is -2.31. The lowest BCUT2D eigenvalue weighted by Crippen LogP contribution is -2.51. The molecule has 1 unspecified atom stereocenters. The highest BCUT2D eigenvalue weighted by Gasteiger charge is 2.29. The average Bonchev–Trinajstić information content (AvgIpc) is 2.67. The van der Waals surface area contributed by atoms with Gasteiger partial charge in [0.25, 0.3) is 5.91 Å². The van der Waals surface area contributed by atoms with Crippen LogP contribution >= 0.6 is 0 Å². The van der Waals surface area contributed by atoms with E-state index < -0.39 is 11.9 Å². The number of benzene rings is 2. The zero-order valence-electron chi connectivity index (χ0n) is 16.5. The minimum absolute atomic E-state index is 0.00944. The standard InChI is InChI=1S/C22H27FN2O3/c1-4-19(22(27)24-16(2)3)25(14-17-10-6-5-7-11-17)21(26)15-28-20-13-9-8-12-18(20)23/h5-13,16,19H,4,14-15H2,1-3H3,(H,24,27). The number of halogens is 1. The van der Waals surface area contributed by atoms with Crippen molar-refractivity contribution in [3.05, 3.63) is 66.0 Å². The van der Waals surface area contributed by atoms with E-state index in [2.05, 4.69) is 5.32 Å². The van der Waals surface area contributed by atoms with Crippen LogP contribution in [0.15, 0.2) is 54.6 Å². The van der Waals surface area contributed by atoms with Crippen LogP contribution in [0.25, 0.3) is 0 Å². The van der Waals surface area contributed by atoms with Gasteiger partial charge in [-0.15, -0.1) is 0 Å². The lowest BCUT2D eigenvalue weighted by molar-refractivity contribution is -0.143. The van der Waals surface area contributed by atoms with Crippen LogP contribution in [0.4, 0.5) is 4.39 Å². The fourth-order valence-corrected chi connectivity index (χ4v) is 2.86. The molecule has 1 atom stereocenters. The number of para-hydroxylation sites is 1. The van der Waals surface area contributed by atoms with Gasteiger partial charge in [0, 0.05) is 12.6 Å². The van der Waals surface area contributed by atoms with E-state index in [9.17, 15) is 14.0 Å². The molecule has 0 heterocycles. The third-order valence-electron chi connectivity index (χ3n) is 4.20. The molecule has 0 aliphatic heterocycles. The zero-order chi connectivity index (χ0) is 20.5. The van der Waals surface area contributed by atoms with Crippen molar-refractivity contribution >= 4 is 11.8 Å². The van der Waals surface area contributed by atoms with Gasteiger partial charge in [0.05, 0.1) is 0 Å². The van der Waals surface area contributed by atoms with Crippen molar-refractivity contribution in [1.82, 2.24) is 10.2 Å². The first-order valence-corrected chi connectivity index (χ1v) is 9.43. The molecule has 0 aromatic heterocycles. The fraction of sp³-hybridized carbons (Fsp3) is 0.364. The van der Waals surface area contributed by atoms with Crippen LogP contribution in [-0.4, -0.2) is 35.4 Å². The SMILES string of the molecule is CCC(C(=O)NC(C)C)N(Cc1ccccc1)C(=O)COc1ccccc1F. The van der Waals surface area contributed by atoms with Crippen molar-refractivity contribution in [3.63, 3.8) is 0 Å². The minimum Gasteiger partial charge on any atom is -0.481 e. The smallest absolute Gasteiger partial charge is 0.261 e. The number of nitrogens with zero attached hydrogens (tertiary/aromatic N) is 1. The molecule has 2 aromatic carbocycles. The van der Waals surface area contributed by atoms with Gasteiger partial charge in [0.15, 0.2) is 18.2 Å². The minimum atomic E-state index is -0.640. The number of nitrogens with one attached hydrogen (secondary N) is 1. The molecule has 6 heteroatoms. The molecule has 0 spiro atoms. The third-order valence-corrected chi connectivity index (χ3v) is 4.20.